The summed E-state index contributed by atoms with van der Waals surface area (Å²) >= 11 is 1.75. The second-order valence-electron chi connectivity index (χ2n) is 7.38. The number of rotatable bonds is 5. The molecular formula is C25H22N2OS. The molecule has 1 aliphatic rings. The number of thiophene rings is 1. The summed E-state index contributed by atoms with van der Waals surface area (Å²) in [6.07, 6.45) is 1.05. The number of carbonyl (C=O) groups excluding carboxylic acids is 1. The Balaban J connectivity index is 1.38. The van der Waals surface area contributed by atoms with E-state index in [0.717, 1.165) is 23.7 Å². The third-order valence-corrected chi connectivity index (χ3v) is 6.61. The first-order valence-electron chi connectivity index (χ1n) is 9.94. The highest BCUT2D eigenvalue weighted by Gasteiger charge is 2.28. The number of benzene rings is 3. The van der Waals surface area contributed by atoms with Crippen LogP contribution < -0.4 is 10.2 Å². The Kier molecular flexibility index (Phi) is 4.78. The predicted molar refractivity (Wildman–Crippen MR) is 121 cm³/mol. The van der Waals surface area contributed by atoms with Crippen LogP contribution in [-0.4, -0.2) is 19.0 Å². The second kappa shape index (κ2) is 7.72. The molecule has 3 nitrogen and oxygen atoms in total. The molecule has 1 aliphatic heterocycles. The highest BCUT2D eigenvalue weighted by Crippen LogP contribution is 2.36. The zero-order chi connectivity index (χ0) is 19.6. The monoisotopic (exact) mass is 398 g/mol. The Morgan fingerprint density at radius 2 is 1.79 bits per heavy atom. The standard InChI is InChI=1S/C25H22N2OS/c28-25(21-12-11-18-6-1-2-8-20(18)16-21)26-17-23(24-10-5-15-29-24)27-14-13-19-7-3-4-9-22(19)27/h1-12,15-16,23H,13-14,17H2,(H,26,28). The number of hydrogen-bond acceptors (Lipinski definition) is 3. The molecule has 0 bridgehead atoms. The van der Waals surface area contributed by atoms with E-state index in [0.29, 0.717) is 12.1 Å². The van der Waals surface area contributed by atoms with Crippen molar-refractivity contribution in [1.82, 2.24) is 5.32 Å². The first kappa shape index (κ1) is 18.0. The average Bonchev–Trinajstić information content (AvgIpc) is 3.44. The van der Waals surface area contributed by atoms with E-state index in [1.54, 1.807) is 11.3 Å². The molecule has 144 valence electrons. The number of nitrogens with zero attached hydrogens (tertiary/aromatic N) is 1. The quantitative estimate of drug-likeness (QED) is 0.486. The maximum absolute atomic E-state index is 12.9. The zero-order valence-electron chi connectivity index (χ0n) is 16.0. The molecular weight excluding hydrogens is 376 g/mol. The van der Waals surface area contributed by atoms with E-state index in [1.807, 2.05) is 36.4 Å². The number of carbonyl (C=O) groups is 1. The molecule has 0 radical (unpaired) electrons. The van der Waals surface area contributed by atoms with Crippen molar-refractivity contribution in [3.63, 3.8) is 0 Å². The number of amides is 1. The van der Waals surface area contributed by atoms with Gasteiger partial charge in [-0.1, -0.05) is 54.6 Å². The summed E-state index contributed by atoms with van der Waals surface area (Å²) in [6.45, 7) is 1.56. The maximum Gasteiger partial charge on any atom is 0.251 e. The Hall–Kier alpha value is -3.11. The van der Waals surface area contributed by atoms with Crippen molar-refractivity contribution in [2.24, 2.45) is 0 Å². The molecule has 4 heteroatoms. The molecule has 0 aliphatic carbocycles. The molecule has 0 saturated carbocycles. The minimum atomic E-state index is -0.0233. The van der Waals surface area contributed by atoms with Crippen LogP contribution in [0, 0.1) is 0 Å². The lowest BCUT2D eigenvalue weighted by Gasteiger charge is -2.30. The molecule has 1 aromatic heterocycles. The number of hydrogen-bond donors (Lipinski definition) is 1. The van der Waals surface area contributed by atoms with E-state index in [1.165, 1.54) is 16.1 Å². The third-order valence-electron chi connectivity index (χ3n) is 5.64. The zero-order valence-corrected chi connectivity index (χ0v) is 16.9. The minimum Gasteiger partial charge on any atom is -0.361 e. The van der Waals surface area contributed by atoms with Crippen LogP contribution in [0.25, 0.3) is 10.8 Å². The third kappa shape index (κ3) is 3.52. The van der Waals surface area contributed by atoms with Gasteiger partial charge in [-0.3, -0.25) is 4.79 Å². The van der Waals surface area contributed by atoms with E-state index in [2.05, 4.69) is 58.1 Å². The van der Waals surface area contributed by atoms with Gasteiger partial charge in [0.2, 0.25) is 0 Å². The van der Waals surface area contributed by atoms with Crippen LogP contribution in [0.2, 0.25) is 0 Å². The van der Waals surface area contributed by atoms with E-state index in [9.17, 15) is 4.79 Å². The largest absolute Gasteiger partial charge is 0.361 e. The van der Waals surface area contributed by atoms with Crippen LogP contribution in [0.5, 0.6) is 0 Å². The second-order valence-corrected chi connectivity index (χ2v) is 8.35. The summed E-state index contributed by atoms with van der Waals surface area (Å²) in [5, 5.41) is 7.53. The van der Waals surface area contributed by atoms with Gasteiger partial charge in [0.05, 0.1) is 6.04 Å². The lowest BCUT2D eigenvalue weighted by Crippen LogP contribution is -2.37. The lowest BCUT2D eigenvalue weighted by molar-refractivity contribution is 0.0951. The lowest BCUT2D eigenvalue weighted by atomic mass is 10.1. The normalized spacial score (nSPS) is 14.0. The molecule has 29 heavy (non-hydrogen) atoms. The Morgan fingerprint density at radius 3 is 2.66 bits per heavy atom. The smallest absolute Gasteiger partial charge is 0.251 e. The van der Waals surface area contributed by atoms with Crippen molar-refractivity contribution >= 4 is 33.7 Å². The summed E-state index contributed by atoms with van der Waals surface area (Å²) in [4.78, 5) is 16.6. The fraction of sp³-hybridized carbons (Fsp3) is 0.160. The van der Waals surface area contributed by atoms with Gasteiger partial charge in [-0.2, -0.15) is 0 Å². The van der Waals surface area contributed by atoms with Crippen molar-refractivity contribution in [2.45, 2.75) is 12.5 Å². The molecule has 1 atom stereocenters. The van der Waals surface area contributed by atoms with E-state index in [4.69, 9.17) is 0 Å². The first-order chi connectivity index (χ1) is 14.3. The van der Waals surface area contributed by atoms with E-state index >= 15 is 0 Å². The molecule has 5 rings (SSSR count). The number of anilines is 1. The predicted octanol–water partition coefficient (Wildman–Crippen LogP) is 5.44. The topological polar surface area (TPSA) is 32.3 Å². The Morgan fingerprint density at radius 1 is 0.966 bits per heavy atom. The highest BCUT2D eigenvalue weighted by atomic mass is 32.1. The van der Waals surface area contributed by atoms with Gasteiger partial charge < -0.3 is 10.2 Å². The highest BCUT2D eigenvalue weighted by molar-refractivity contribution is 7.10. The molecule has 1 unspecified atom stereocenters. The van der Waals surface area contributed by atoms with Gasteiger partial charge in [0, 0.05) is 29.2 Å². The molecule has 0 spiro atoms. The van der Waals surface area contributed by atoms with Crippen molar-refractivity contribution < 1.29 is 4.79 Å². The van der Waals surface area contributed by atoms with Gasteiger partial charge in [0.15, 0.2) is 0 Å². The summed E-state index contributed by atoms with van der Waals surface area (Å²) in [6, 6.07) is 27.0. The van der Waals surface area contributed by atoms with Gasteiger partial charge in [-0.25, -0.2) is 0 Å². The van der Waals surface area contributed by atoms with Gasteiger partial charge in [-0.05, 0) is 52.4 Å². The van der Waals surface area contributed by atoms with Crippen LogP contribution in [0.4, 0.5) is 5.69 Å². The van der Waals surface area contributed by atoms with Crippen molar-refractivity contribution in [3.05, 3.63) is 100 Å². The Labute approximate surface area is 174 Å². The average molecular weight is 399 g/mol. The maximum atomic E-state index is 12.9. The molecule has 3 aromatic carbocycles. The van der Waals surface area contributed by atoms with Gasteiger partial charge in [-0.15, -0.1) is 11.3 Å². The van der Waals surface area contributed by atoms with Crippen LogP contribution in [-0.2, 0) is 6.42 Å². The van der Waals surface area contributed by atoms with Crippen LogP contribution >= 0.6 is 11.3 Å². The fourth-order valence-electron chi connectivity index (χ4n) is 4.15. The van der Waals surface area contributed by atoms with Crippen LogP contribution in [0.15, 0.2) is 84.2 Å². The van der Waals surface area contributed by atoms with Gasteiger partial charge in [0.1, 0.15) is 0 Å². The van der Waals surface area contributed by atoms with E-state index in [-0.39, 0.29) is 11.9 Å². The molecule has 4 aromatic rings. The van der Waals surface area contributed by atoms with Crippen LogP contribution in [0.1, 0.15) is 26.8 Å². The number of fused-ring (bicyclic) bond motifs is 2. The van der Waals surface area contributed by atoms with Crippen molar-refractivity contribution in [3.8, 4) is 0 Å². The van der Waals surface area contributed by atoms with Crippen LogP contribution in [0.3, 0.4) is 0 Å². The molecule has 2 heterocycles. The molecule has 0 fully saturated rings. The minimum absolute atomic E-state index is 0.0233. The fourth-order valence-corrected chi connectivity index (χ4v) is 4.99. The summed E-state index contributed by atoms with van der Waals surface area (Å²) in [5.74, 6) is -0.0233. The SMILES string of the molecule is O=C(NCC(c1cccs1)N1CCc2ccccc21)c1ccc2ccccc2c1. The molecule has 1 amide bonds. The first-order valence-corrected chi connectivity index (χ1v) is 10.8. The summed E-state index contributed by atoms with van der Waals surface area (Å²) < 4.78 is 0. The van der Waals surface area contributed by atoms with Gasteiger partial charge >= 0.3 is 0 Å². The number of nitrogens with one attached hydrogen (secondary N) is 1. The van der Waals surface area contributed by atoms with Gasteiger partial charge in [0.25, 0.3) is 5.91 Å². The molecule has 1 N–H and O–H groups in total. The van der Waals surface area contributed by atoms with Crippen molar-refractivity contribution in [2.75, 3.05) is 18.0 Å². The molecule has 0 saturated heterocycles. The summed E-state index contributed by atoms with van der Waals surface area (Å²) in [5.41, 5.74) is 3.37. The number of para-hydroxylation sites is 1. The van der Waals surface area contributed by atoms with E-state index < -0.39 is 0 Å². The summed E-state index contributed by atoms with van der Waals surface area (Å²) in [7, 11) is 0. The Bertz CT molecular complexity index is 1150. The van der Waals surface area contributed by atoms with Crippen molar-refractivity contribution in [1.29, 1.82) is 0 Å².